The van der Waals surface area contributed by atoms with Crippen LogP contribution in [-0.2, 0) is 16.6 Å². The fourth-order valence-electron chi connectivity index (χ4n) is 3.14. The van der Waals surface area contributed by atoms with Gasteiger partial charge < -0.3 is 14.6 Å². The Morgan fingerprint density at radius 3 is 2.91 bits per heavy atom. The number of nitrogens with zero attached hydrogens (tertiary/aromatic N) is 2. The molecule has 2 heterocycles. The Kier molecular flexibility index (Phi) is 4.76. The number of amides is 1. The maximum Gasteiger partial charge on any atom is 0.231 e. The third-order valence-corrected chi connectivity index (χ3v) is 4.41. The molecule has 23 heavy (non-hydrogen) atoms. The van der Waals surface area contributed by atoms with Gasteiger partial charge in [0.2, 0.25) is 5.91 Å². The van der Waals surface area contributed by atoms with Crippen molar-refractivity contribution >= 4 is 11.7 Å². The van der Waals surface area contributed by atoms with Crippen molar-refractivity contribution in [3.8, 4) is 11.3 Å². The zero-order chi connectivity index (χ0) is 16.2. The highest BCUT2D eigenvalue weighted by Crippen LogP contribution is 2.29. The number of nitrogens with one attached hydrogen (secondary N) is 1. The molecule has 1 aromatic carbocycles. The predicted molar refractivity (Wildman–Crippen MR) is 90.0 cm³/mol. The van der Waals surface area contributed by atoms with Gasteiger partial charge in [0.25, 0.3) is 0 Å². The fraction of sp³-hybridized carbons (Fsp3) is 0.444. The first kappa shape index (κ1) is 15.7. The molecular weight excluding hydrogens is 290 g/mol. The van der Waals surface area contributed by atoms with Crippen LogP contribution in [-0.4, -0.2) is 28.2 Å². The standard InChI is InChI=1S/C18H23N3O2/c1-3-15-14(10-7-11-23-15)18(22)20-17-16(19-12-21(17)2)13-8-5-4-6-9-13/h4-6,8-9,12,14-15H,3,7,10-11H2,1-2H3,(H,20,22)/t14-,15+/m0/s1. The van der Waals surface area contributed by atoms with Crippen LogP contribution in [0.5, 0.6) is 0 Å². The van der Waals surface area contributed by atoms with E-state index < -0.39 is 0 Å². The summed E-state index contributed by atoms with van der Waals surface area (Å²) in [6, 6.07) is 9.90. The second kappa shape index (κ2) is 6.96. The summed E-state index contributed by atoms with van der Waals surface area (Å²) in [6.45, 7) is 2.82. The summed E-state index contributed by atoms with van der Waals surface area (Å²) in [7, 11) is 1.89. The third kappa shape index (κ3) is 3.29. The lowest BCUT2D eigenvalue weighted by atomic mass is 9.92. The molecule has 0 aliphatic carbocycles. The van der Waals surface area contributed by atoms with E-state index in [4.69, 9.17) is 4.74 Å². The quantitative estimate of drug-likeness (QED) is 0.943. The number of aromatic nitrogens is 2. The second-order valence-electron chi connectivity index (χ2n) is 5.97. The largest absolute Gasteiger partial charge is 0.377 e. The lowest BCUT2D eigenvalue weighted by Crippen LogP contribution is -2.38. The van der Waals surface area contributed by atoms with Crippen LogP contribution in [0, 0.1) is 5.92 Å². The summed E-state index contributed by atoms with van der Waals surface area (Å²) in [4.78, 5) is 17.2. The molecule has 1 N–H and O–H groups in total. The maximum atomic E-state index is 12.7. The topological polar surface area (TPSA) is 56.1 Å². The lowest BCUT2D eigenvalue weighted by Gasteiger charge is -2.30. The molecule has 2 atom stereocenters. The molecule has 0 spiro atoms. The van der Waals surface area contributed by atoms with Crippen molar-refractivity contribution in [3.05, 3.63) is 36.7 Å². The van der Waals surface area contributed by atoms with Crippen LogP contribution in [0.2, 0.25) is 0 Å². The first-order valence-corrected chi connectivity index (χ1v) is 8.20. The van der Waals surface area contributed by atoms with Gasteiger partial charge in [0.15, 0.2) is 0 Å². The number of hydrogen-bond acceptors (Lipinski definition) is 3. The molecule has 1 amide bonds. The minimum atomic E-state index is -0.0905. The first-order valence-electron chi connectivity index (χ1n) is 8.20. The predicted octanol–water partition coefficient (Wildman–Crippen LogP) is 3.23. The van der Waals surface area contributed by atoms with Crippen LogP contribution in [0.25, 0.3) is 11.3 Å². The van der Waals surface area contributed by atoms with Gasteiger partial charge in [-0.05, 0) is 19.3 Å². The van der Waals surface area contributed by atoms with Gasteiger partial charge in [0, 0.05) is 19.2 Å². The van der Waals surface area contributed by atoms with Crippen molar-refractivity contribution in [3.63, 3.8) is 0 Å². The number of carbonyl (C=O) groups is 1. The number of anilines is 1. The highest BCUT2D eigenvalue weighted by Gasteiger charge is 2.31. The number of benzene rings is 1. The molecule has 3 rings (SSSR count). The lowest BCUT2D eigenvalue weighted by molar-refractivity contribution is -0.129. The highest BCUT2D eigenvalue weighted by molar-refractivity contribution is 5.95. The Labute approximate surface area is 136 Å². The molecule has 1 aliphatic rings. The molecule has 1 saturated heterocycles. The van der Waals surface area contributed by atoms with Crippen molar-refractivity contribution in [2.75, 3.05) is 11.9 Å². The van der Waals surface area contributed by atoms with E-state index in [2.05, 4.69) is 17.2 Å². The summed E-state index contributed by atoms with van der Waals surface area (Å²) in [5.41, 5.74) is 1.79. The number of hydrogen-bond donors (Lipinski definition) is 1. The molecule has 0 unspecified atom stereocenters. The van der Waals surface area contributed by atoms with Gasteiger partial charge in [0.1, 0.15) is 11.5 Å². The molecule has 1 aromatic heterocycles. The van der Waals surface area contributed by atoms with Crippen molar-refractivity contribution in [2.24, 2.45) is 13.0 Å². The van der Waals surface area contributed by atoms with Gasteiger partial charge in [0.05, 0.1) is 18.3 Å². The van der Waals surface area contributed by atoms with Gasteiger partial charge in [-0.15, -0.1) is 0 Å². The first-order chi connectivity index (χ1) is 11.2. The smallest absolute Gasteiger partial charge is 0.231 e. The molecule has 0 bridgehead atoms. The summed E-state index contributed by atoms with van der Waals surface area (Å²) in [5.74, 6) is 0.672. The normalized spacial score (nSPS) is 21.1. The maximum absolute atomic E-state index is 12.7. The van der Waals surface area contributed by atoms with E-state index in [0.717, 1.165) is 42.9 Å². The Bertz CT molecular complexity index is 666. The van der Waals surface area contributed by atoms with Crippen LogP contribution in [0.1, 0.15) is 26.2 Å². The minimum Gasteiger partial charge on any atom is -0.377 e. The van der Waals surface area contributed by atoms with Gasteiger partial charge in [-0.1, -0.05) is 37.3 Å². The van der Waals surface area contributed by atoms with Gasteiger partial charge in [-0.3, -0.25) is 4.79 Å². The van der Waals surface area contributed by atoms with Crippen molar-refractivity contribution in [1.29, 1.82) is 0 Å². The van der Waals surface area contributed by atoms with Crippen molar-refractivity contribution in [1.82, 2.24) is 9.55 Å². The molecule has 5 heteroatoms. The van der Waals surface area contributed by atoms with Crippen molar-refractivity contribution in [2.45, 2.75) is 32.3 Å². The Morgan fingerprint density at radius 1 is 1.39 bits per heavy atom. The number of rotatable bonds is 4. The van der Waals surface area contributed by atoms with Crippen molar-refractivity contribution < 1.29 is 9.53 Å². The summed E-state index contributed by atoms with van der Waals surface area (Å²) in [5, 5.41) is 3.07. The van der Waals surface area contributed by atoms with Gasteiger partial charge in [-0.25, -0.2) is 4.98 Å². The highest BCUT2D eigenvalue weighted by atomic mass is 16.5. The van der Waals surface area contributed by atoms with E-state index in [-0.39, 0.29) is 17.9 Å². The van der Waals surface area contributed by atoms with Crippen LogP contribution in [0.4, 0.5) is 5.82 Å². The zero-order valence-electron chi connectivity index (χ0n) is 13.7. The van der Waals surface area contributed by atoms with Gasteiger partial charge >= 0.3 is 0 Å². The Hall–Kier alpha value is -2.14. The second-order valence-corrected chi connectivity index (χ2v) is 5.97. The molecule has 2 aromatic rings. The molecular formula is C18H23N3O2. The zero-order valence-corrected chi connectivity index (χ0v) is 13.7. The SMILES string of the molecule is CC[C@H]1OCCC[C@@H]1C(=O)Nc1c(-c2ccccc2)ncn1C. The Balaban J connectivity index is 1.83. The number of carbonyl (C=O) groups excluding carboxylic acids is 1. The van der Waals surface area contributed by atoms with Crippen LogP contribution >= 0.6 is 0 Å². The summed E-state index contributed by atoms with van der Waals surface area (Å²) >= 11 is 0. The van der Waals surface area contributed by atoms with Crippen LogP contribution in [0.3, 0.4) is 0 Å². The fourth-order valence-corrected chi connectivity index (χ4v) is 3.14. The number of aryl methyl sites for hydroxylation is 1. The number of ether oxygens (including phenoxy) is 1. The van der Waals surface area contributed by atoms with E-state index in [1.807, 2.05) is 41.9 Å². The van der Waals surface area contributed by atoms with E-state index in [1.165, 1.54) is 0 Å². The average Bonchev–Trinajstić information content (AvgIpc) is 2.96. The molecule has 1 aliphatic heterocycles. The summed E-state index contributed by atoms with van der Waals surface area (Å²) in [6.07, 6.45) is 4.41. The van der Waals surface area contributed by atoms with E-state index in [9.17, 15) is 4.79 Å². The van der Waals surface area contributed by atoms with E-state index in [1.54, 1.807) is 6.33 Å². The van der Waals surface area contributed by atoms with E-state index in [0.29, 0.717) is 0 Å². The van der Waals surface area contributed by atoms with Gasteiger partial charge in [-0.2, -0.15) is 0 Å². The summed E-state index contributed by atoms with van der Waals surface area (Å²) < 4.78 is 7.59. The Morgan fingerprint density at radius 2 is 2.17 bits per heavy atom. The number of imidazole rings is 1. The monoisotopic (exact) mass is 313 g/mol. The molecule has 0 radical (unpaired) electrons. The van der Waals surface area contributed by atoms with E-state index >= 15 is 0 Å². The molecule has 5 nitrogen and oxygen atoms in total. The van der Waals surface area contributed by atoms with Crippen LogP contribution in [0.15, 0.2) is 36.7 Å². The third-order valence-electron chi connectivity index (χ3n) is 4.41. The molecule has 1 fully saturated rings. The minimum absolute atomic E-state index is 0.0113. The average molecular weight is 313 g/mol. The van der Waals surface area contributed by atoms with Crippen LogP contribution < -0.4 is 5.32 Å². The molecule has 122 valence electrons. The molecule has 0 saturated carbocycles.